The van der Waals surface area contributed by atoms with E-state index in [4.69, 9.17) is 0 Å². The van der Waals surface area contributed by atoms with Gasteiger partial charge in [-0.3, -0.25) is 0 Å². The third-order valence-corrected chi connectivity index (χ3v) is 2.52. The van der Waals surface area contributed by atoms with Crippen LogP contribution >= 0.6 is 0 Å². The van der Waals surface area contributed by atoms with Gasteiger partial charge in [0.2, 0.25) is 0 Å². The van der Waals surface area contributed by atoms with Gasteiger partial charge in [0, 0.05) is 18.8 Å². The second-order valence-corrected chi connectivity index (χ2v) is 4.32. The van der Waals surface area contributed by atoms with Crippen LogP contribution in [0.4, 0.5) is 0 Å². The van der Waals surface area contributed by atoms with E-state index in [1.807, 2.05) is 13.8 Å². The summed E-state index contributed by atoms with van der Waals surface area (Å²) in [5, 5.41) is 13.1. The van der Waals surface area contributed by atoms with E-state index < -0.39 is 5.60 Å². The summed E-state index contributed by atoms with van der Waals surface area (Å²) in [6, 6.07) is 0. The number of aromatic amines is 1. The smallest absolute Gasteiger partial charge is 0.0925 e. The molecule has 0 aliphatic rings. The molecule has 0 aromatic carbocycles. The van der Waals surface area contributed by atoms with Crippen LogP contribution in [0.3, 0.4) is 0 Å². The van der Waals surface area contributed by atoms with Crippen LogP contribution in [0, 0.1) is 6.92 Å². The van der Waals surface area contributed by atoms with Gasteiger partial charge in [-0.05, 0) is 20.3 Å². The highest BCUT2D eigenvalue weighted by Gasteiger charge is 2.18. The molecular weight excluding hydrogens is 190 g/mol. The van der Waals surface area contributed by atoms with Gasteiger partial charge in [-0.25, -0.2) is 4.98 Å². The lowest BCUT2D eigenvalue weighted by molar-refractivity contribution is 0.0497. The maximum atomic E-state index is 9.92. The van der Waals surface area contributed by atoms with Gasteiger partial charge in [0.25, 0.3) is 0 Å². The molecule has 0 bridgehead atoms. The Balaban J connectivity index is 2.30. The molecule has 1 heterocycles. The largest absolute Gasteiger partial charge is 0.389 e. The van der Waals surface area contributed by atoms with E-state index >= 15 is 0 Å². The Hall–Kier alpha value is -0.870. The zero-order chi connectivity index (χ0) is 11.3. The zero-order valence-corrected chi connectivity index (χ0v) is 9.80. The molecule has 0 aliphatic heterocycles. The summed E-state index contributed by atoms with van der Waals surface area (Å²) < 4.78 is 0. The Kier molecular flexibility index (Phi) is 4.29. The fourth-order valence-corrected chi connectivity index (χ4v) is 1.64. The fourth-order valence-electron chi connectivity index (χ4n) is 1.64. The molecule has 0 spiro atoms. The van der Waals surface area contributed by atoms with Gasteiger partial charge in [0.15, 0.2) is 0 Å². The normalized spacial score (nSPS) is 15.2. The first-order valence-corrected chi connectivity index (χ1v) is 5.47. The average molecular weight is 211 g/mol. The van der Waals surface area contributed by atoms with Crippen LogP contribution in [0.2, 0.25) is 0 Å². The van der Waals surface area contributed by atoms with Crippen molar-refractivity contribution in [1.29, 1.82) is 0 Å². The number of aromatic nitrogens is 2. The SMILES string of the molecule is CCCC(C)(O)CNCc1nc[nH]c1C. The Labute approximate surface area is 91.1 Å². The first-order chi connectivity index (χ1) is 7.05. The van der Waals surface area contributed by atoms with Crippen molar-refractivity contribution < 1.29 is 5.11 Å². The van der Waals surface area contributed by atoms with Gasteiger partial charge in [-0.1, -0.05) is 13.3 Å². The standard InChI is InChI=1S/C11H21N3O/c1-4-5-11(3,15)7-12-6-10-9(2)13-8-14-10/h8,12,15H,4-7H2,1-3H3,(H,13,14). The molecule has 1 rings (SSSR count). The Morgan fingerprint density at radius 2 is 2.33 bits per heavy atom. The summed E-state index contributed by atoms with van der Waals surface area (Å²) in [7, 11) is 0. The second-order valence-electron chi connectivity index (χ2n) is 4.32. The minimum atomic E-state index is -0.612. The third-order valence-electron chi connectivity index (χ3n) is 2.52. The highest BCUT2D eigenvalue weighted by molar-refractivity contribution is 5.08. The number of hydrogen-bond donors (Lipinski definition) is 3. The van der Waals surface area contributed by atoms with E-state index in [9.17, 15) is 5.11 Å². The monoisotopic (exact) mass is 211 g/mol. The molecule has 0 aliphatic carbocycles. The fraction of sp³-hybridized carbons (Fsp3) is 0.727. The van der Waals surface area contributed by atoms with E-state index in [1.54, 1.807) is 6.33 Å². The number of rotatable bonds is 6. The van der Waals surface area contributed by atoms with Gasteiger partial charge < -0.3 is 15.4 Å². The molecule has 1 atom stereocenters. The Morgan fingerprint density at radius 3 is 2.87 bits per heavy atom. The molecule has 0 radical (unpaired) electrons. The molecule has 4 nitrogen and oxygen atoms in total. The van der Waals surface area contributed by atoms with Crippen LogP contribution in [0.5, 0.6) is 0 Å². The van der Waals surface area contributed by atoms with Gasteiger partial charge in [-0.2, -0.15) is 0 Å². The molecule has 3 N–H and O–H groups in total. The molecular formula is C11H21N3O. The van der Waals surface area contributed by atoms with Crippen LogP contribution in [0.25, 0.3) is 0 Å². The van der Waals surface area contributed by atoms with Crippen molar-refractivity contribution in [2.75, 3.05) is 6.54 Å². The lowest BCUT2D eigenvalue weighted by atomic mass is 10.0. The quantitative estimate of drug-likeness (QED) is 0.666. The van der Waals surface area contributed by atoms with Crippen molar-refractivity contribution in [2.24, 2.45) is 0 Å². The minimum absolute atomic E-state index is 0.604. The van der Waals surface area contributed by atoms with Crippen LogP contribution < -0.4 is 5.32 Å². The number of aliphatic hydroxyl groups is 1. The zero-order valence-electron chi connectivity index (χ0n) is 9.80. The summed E-state index contributed by atoms with van der Waals surface area (Å²) in [6.45, 7) is 7.24. The van der Waals surface area contributed by atoms with Gasteiger partial charge in [-0.15, -0.1) is 0 Å². The molecule has 4 heteroatoms. The first kappa shape index (κ1) is 12.2. The summed E-state index contributed by atoms with van der Waals surface area (Å²) in [5.41, 5.74) is 1.49. The van der Waals surface area contributed by atoms with Crippen molar-refractivity contribution in [3.8, 4) is 0 Å². The molecule has 1 aromatic heterocycles. The summed E-state index contributed by atoms with van der Waals surface area (Å²) in [6.07, 6.45) is 3.51. The van der Waals surface area contributed by atoms with Crippen LogP contribution in [-0.2, 0) is 6.54 Å². The van der Waals surface area contributed by atoms with Crippen molar-refractivity contribution in [3.63, 3.8) is 0 Å². The van der Waals surface area contributed by atoms with E-state index in [-0.39, 0.29) is 0 Å². The van der Waals surface area contributed by atoms with Crippen molar-refractivity contribution in [3.05, 3.63) is 17.7 Å². The Bertz CT molecular complexity index is 294. The summed E-state index contributed by atoms with van der Waals surface area (Å²) >= 11 is 0. The number of nitrogens with one attached hydrogen (secondary N) is 2. The lowest BCUT2D eigenvalue weighted by Gasteiger charge is -2.22. The number of nitrogens with zero attached hydrogens (tertiary/aromatic N) is 1. The maximum absolute atomic E-state index is 9.92. The number of imidazole rings is 1. The summed E-state index contributed by atoms with van der Waals surface area (Å²) in [5.74, 6) is 0. The molecule has 0 amide bonds. The second kappa shape index (κ2) is 5.28. The van der Waals surface area contributed by atoms with Crippen LogP contribution in [0.1, 0.15) is 38.1 Å². The molecule has 0 fully saturated rings. The van der Waals surface area contributed by atoms with Gasteiger partial charge in [0.05, 0.1) is 17.6 Å². The topological polar surface area (TPSA) is 60.9 Å². The average Bonchev–Trinajstić information content (AvgIpc) is 2.51. The van der Waals surface area contributed by atoms with E-state index in [0.29, 0.717) is 13.1 Å². The molecule has 15 heavy (non-hydrogen) atoms. The van der Waals surface area contributed by atoms with Gasteiger partial charge >= 0.3 is 0 Å². The van der Waals surface area contributed by atoms with E-state index in [2.05, 4.69) is 22.2 Å². The maximum Gasteiger partial charge on any atom is 0.0925 e. The lowest BCUT2D eigenvalue weighted by Crippen LogP contribution is -2.37. The van der Waals surface area contributed by atoms with Crippen LogP contribution in [-0.4, -0.2) is 27.2 Å². The van der Waals surface area contributed by atoms with Gasteiger partial charge in [0.1, 0.15) is 0 Å². The predicted molar refractivity (Wildman–Crippen MR) is 60.6 cm³/mol. The third kappa shape index (κ3) is 4.01. The minimum Gasteiger partial charge on any atom is -0.389 e. The molecule has 1 aromatic rings. The molecule has 1 unspecified atom stereocenters. The van der Waals surface area contributed by atoms with Crippen molar-refractivity contribution >= 4 is 0 Å². The summed E-state index contributed by atoms with van der Waals surface area (Å²) in [4.78, 5) is 7.21. The predicted octanol–water partition coefficient (Wildman–Crippen LogP) is 1.36. The molecule has 0 saturated heterocycles. The van der Waals surface area contributed by atoms with Crippen molar-refractivity contribution in [2.45, 2.75) is 45.8 Å². The van der Waals surface area contributed by atoms with E-state index in [0.717, 1.165) is 24.2 Å². The number of hydrogen-bond acceptors (Lipinski definition) is 3. The first-order valence-electron chi connectivity index (χ1n) is 5.47. The van der Waals surface area contributed by atoms with Crippen molar-refractivity contribution in [1.82, 2.24) is 15.3 Å². The highest BCUT2D eigenvalue weighted by atomic mass is 16.3. The van der Waals surface area contributed by atoms with Crippen LogP contribution in [0.15, 0.2) is 6.33 Å². The number of H-pyrrole nitrogens is 1. The number of aryl methyl sites for hydroxylation is 1. The highest BCUT2D eigenvalue weighted by Crippen LogP contribution is 2.10. The van der Waals surface area contributed by atoms with E-state index in [1.165, 1.54) is 0 Å². The Morgan fingerprint density at radius 1 is 1.60 bits per heavy atom. The molecule has 0 saturated carbocycles. The molecule has 86 valence electrons.